The fourth-order valence-corrected chi connectivity index (χ4v) is 3.43. The average Bonchev–Trinajstić information content (AvgIpc) is 2.94. The molecule has 1 heterocycles. The number of aromatic nitrogens is 2. The van der Waals surface area contributed by atoms with Crippen molar-refractivity contribution in [2.24, 2.45) is 0 Å². The predicted molar refractivity (Wildman–Crippen MR) is 84.8 cm³/mol. The second-order valence-electron chi connectivity index (χ2n) is 4.58. The smallest absolute Gasteiger partial charge is 0.244 e. The highest BCUT2D eigenvalue weighted by molar-refractivity contribution is 7.89. The van der Waals surface area contributed by atoms with Crippen LogP contribution in [-0.2, 0) is 23.0 Å². The van der Waals surface area contributed by atoms with Gasteiger partial charge in [-0.25, -0.2) is 18.1 Å². The molecule has 0 spiro atoms. The summed E-state index contributed by atoms with van der Waals surface area (Å²) in [6.07, 6.45) is 4.33. The number of hydrogen-bond donors (Lipinski definition) is 1. The van der Waals surface area contributed by atoms with Gasteiger partial charge in [-0.15, -0.1) is 0 Å². The summed E-state index contributed by atoms with van der Waals surface area (Å²) < 4.78 is 34.3. The minimum atomic E-state index is -3.66. The first-order valence-corrected chi connectivity index (χ1v) is 8.67. The first kappa shape index (κ1) is 16.8. The fraction of sp³-hybridized carbons (Fsp3) is 0.357. The number of imidazole rings is 1. The first-order valence-electron chi connectivity index (χ1n) is 6.81. The van der Waals surface area contributed by atoms with Crippen LogP contribution in [-0.4, -0.2) is 31.6 Å². The summed E-state index contributed by atoms with van der Waals surface area (Å²) in [4.78, 5) is 4.27. The van der Waals surface area contributed by atoms with E-state index in [-0.39, 0.29) is 17.2 Å². The largest absolute Gasteiger partial charge is 0.495 e. The third-order valence-electron chi connectivity index (χ3n) is 3.18. The van der Waals surface area contributed by atoms with Gasteiger partial charge in [0.1, 0.15) is 16.5 Å². The van der Waals surface area contributed by atoms with Crippen molar-refractivity contribution in [3.63, 3.8) is 0 Å². The SMILES string of the molecule is CCc1nccn1CCNS(=O)(=O)c1ccc(Cl)cc1OC. The third-order valence-corrected chi connectivity index (χ3v) is 4.91. The van der Waals surface area contributed by atoms with E-state index in [9.17, 15) is 8.42 Å². The molecule has 0 unspecified atom stereocenters. The van der Waals surface area contributed by atoms with E-state index >= 15 is 0 Å². The lowest BCUT2D eigenvalue weighted by molar-refractivity contribution is 0.402. The van der Waals surface area contributed by atoms with Crippen LogP contribution >= 0.6 is 11.6 Å². The number of sulfonamides is 1. The fourth-order valence-electron chi connectivity index (χ4n) is 2.10. The third kappa shape index (κ3) is 3.79. The molecule has 0 fully saturated rings. The van der Waals surface area contributed by atoms with Crippen LogP contribution in [0.15, 0.2) is 35.5 Å². The van der Waals surface area contributed by atoms with Crippen LogP contribution in [0.5, 0.6) is 5.75 Å². The molecule has 0 bridgehead atoms. The van der Waals surface area contributed by atoms with E-state index < -0.39 is 10.0 Å². The number of nitrogens with zero attached hydrogens (tertiary/aromatic N) is 2. The molecule has 0 amide bonds. The molecule has 22 heavy (non-hydrogen) atoms. The minimum absolute atomic E-state index is 0.0701. The number of rotatable bonds is 7. The van der Waals surface area contributed by atoms with Crippen LogP contribution in [0.4, 0.5) is 0 Å². The molecular formula is C14H18ClN3O3S. The second kappa shape index (κ2) is 7.13. The molecule has 8 heteroatoms. The Morgan fingerprint density at radius 2 is 2.18 bits per heavy atom. The van der Waals surface area contributed by atoms with Crippen molar-refractivity contribution in [1.29, 1.82) is 0 Å². The average molecular weight is 344 g/mol. The lowest BCUT2D eigenvalue weighted by Crippen LogP contribution is -2.28. The van der Waals surface area contributed by atoms with Crippen molar-refractivity contribution >= 4 is 21.6 Å². The predicted octanol–water partition coefficient (Wildman–Crippen LogP) is 2.09. The van der Waals surface area contributed by atoms with Gasteiger partial charge in [-0.1, -0.05) is 18.5 Å². The van der Waals surface area contributed by atoms with Crippen molar-refractivity contribution in [2.45, 2.75) is 24.8 Å². The van der Waals surface area contributed by atoms with Crippen LogP contribution in [0, 0.1) is 0 Å². The number of methoxy groups -OCH3 is 1. The van der Waals surface area contributed by atoms with Crippen molar-refractivity contribution in [2.75, 3.05) is 13.7 Å². The molecule has 0 atom stereocenters. The van der Waals surface area contributed by atoms with Gasteiger partial charge in [-0.3, -0.25) is 0 Å². The van der Waals surface area contributed by atoms with Gasteiger partial charge < -0.3 is 9.30 Å². The Kier molecular flexibility index (Phi) is 5.44. The van der Waals surface area contributed by atoms with Crippen LogP contribution < -0.4 is 9.46 Å². The van der Waals surface area contributed by atoms with Crippen LogP contribution in [0.1, 0.15) is 12.7 Å². The van der Waals surface area contributed by atoms with E-state index in [4.69, 9.17) is 16.3 Å². The molecule has 0 saturated heterocycles. The molecule has 0 saturated carbocycles. The highest BCUT2D eigenvalue weighted by atomic mass is 35.5. The van der Waals surface area contributed by atoms with Gasteiger partial charge in [-0.05, 0) is 12.1 Å². The highest BCUT2D eigenvalue weighted by Crippen LogP contribution is 2.26. The van der Waals surface area contributed by atoms with E-state index in [0.717, 1.165) is 12.2 Å². The summed E-state index contributed by atoms with van der Waals surface area (Å²) >= 11 is 5.85. The zero-order chi connectivity index (χ0) is 16.2. The second-order valence-corrected chi connectivity index (χ2v) is 6.76. The quantitative estimate of drug-likeness (QED) is 0.835. The Morgan fingerprint density at radius 1 is 1.41 bits per heavy atom. The molecule has 6 nitrogen and oxygen atoms in total. The van der Waals surface area contributed by atoms with Crippen molar-refractivity contribution in [1.82, 2.24) is 14.3 Å². The molecular weight excluding hydrogens is 326 g/mol. The van der Waals surface area contributed by atoms with Crippen LogP contribution in [0.3, 0.4) is 0 Å². The van der Waals surface area contributed by atoms with E-state index in [2.05, 4.69) is 9.71 Å². The summed E-state index contributed by atoms with van der Waals surface area (Å²) in [5.41, 5.74) is 0. The van der Waals surface area contributed by atoms with Gasteiger partial charge in [0.2, 0.25) is 10.0 Å². The number of benzene rings is 1. The first-order chi connectivity index (χ1) is 10.5. The summed E-state index contributed by atoms with van der Waals surface area (Å²) in [6.45, 7) is 2.78. The summed E-state index contributed by atoms with van der Waals surface area (Å²) in [5, 5.41) is 0.418. The highest BCUT2D eigenvalue weighted by Gasteiger charge is 2.19. The van der Waals surface area contributed by atoms with Gasteiger partial charge in [-0.2, -0.15) is 0 Å². The summed E-state index contributed by atoms with van der Waals surface area (Å²) in [7, 11) is -2.25. The van der Waals surface area contributed by atoms with Crippen molar-refractivity contribution in [3.05, 3.63) is 41.4 Å². The Morgan fingerprint density at radius 3 is 2.86 bits per heavy atom. The van der Waals surface area contributed by atoms with Crippen molar-refractivity contribution < 1.29 is 13.2 Å². The lowest BCUT2D eigenvalue weighted by Gasteiger charge is -2.12. The standard InChI is InChI=1S/C14H18ClN3O3S/c1-3-14-16-6-8-18(14)9-7-17-22(19,20)13-5-4-11(15)10-12(13)21-2/h4-6,8,10,17H,3,7,9H2,1-2H3. The van der Waals surface area contributed by atoms with E-state index in [1.165, 1.54) is 25.3 Å². The normalized spacial score (nSPS) is 11.6. The maximum absolute atomic E-state index is 12.3. The van der Waals surface area contributed by atoms with Gasteiger partial charge in [0.25, 0.3) is 0 Å². The topological polar surface area (TPSA) is 73.2 Å². The zero-order valence-corrected chi connectivity index (χ0v) is 14.0. The number of hydrogen-bond acceptors (Lipinski definition) is 4. The Hall–Kier alpha value is -1.57. The van der Waals surface area contributed by atoms with Crippen LogP contribution in [0.2, 0.25) is 5.02 Å². The van der Waals surface area contributed by atoms with Crippen LogP contribution in [0.25, 0.3) is 0 Å². The summed E-state index contributed by atoms with van der Waals surface area (Å²) in [6, 6.07) is 4.42. The maximum atomic E-state index is 12.3. The maximum Gasteiger partial charge on any atom is 0.244 e. The Balaban J connectivity index is 2.08. The van der Waals surface area contributed by atoms with E-state index in [1.807, 2.05) is 17.7 Å². The molecule has 1 aromatic carbocycles. The van der Waals surface area contributed by atoms with Gasteiger partial charge in [0.15, 0.2) is 0 Å². The number of nitrogens with one attached hydrogen (secondary N) is 1. The number of halogens is 1. The molecule has 0 aliphatic carbocycles. The molecule has 2 aromatic rings. The Labute approximate surface area is 135 Å². The molecule has 0 radical (unpaired) electrons. The van der Waals surface area contributed by atoms with Gasteiger partial charge in [0.05, 0.1) is 7.11 Å². The monoisotopic (exact) mass is 343 g/mol. The molecule has 1 aromatic heterocycles. The molecule has 0 aliphatic heterocycles. The van der Waals surface area contributed by atoms with Gasteiger partial charge in [0, 0.05) is 43.0 Å². The molecule has 2 rings (SSSR count). The number of aryl methyl sites for hydroxylation is 1. The Bertz CT molecular complexity index is 744. The molecule has 0 aliphatic rings. The van der Waals surface area contributed by atoms with E-state index in [1.54, 1.807) is 6.20 Å². The zero-order valence-electron chi connectivity index (χ0n) is 12.4. The van der Waals surface area contributed by atoms with Gasteiger partial charge >= 0.3 is 0 Å². The lowest BCUT2D eigenvalue weighted by atomic mass is 10.3. The minimum Gasteiger partial charge on any atom is -0.495 e. The van der Waals surface area contributed by atoms with E-state index in [0.29, 0.717) is 11.6 Å². The number of ether oxygens (including phenoxy) is 1. The molecule has 1 N–H and O–H groups in total. The summed E-state index contributed by atoms with van der Waals surface area (Å²) in [5.74, 6) is 1.14. The van der Waals surface area contributed by atoms with Crippen molar-refractivity contribution in [3.8, 4) is 5.75 Å². The molecule has 120 valence electrons.